The molecule has 0 unspecified atom stereocenters. The van der Waals surface area contributed by atoms with Gasteiger partial charge in [0.05, 0.1) is 6.17 Å². The van der Waals surface area contributed by atoms with Gasteiger partial charge in [0, 0.05) is 19.5 Å². The Kier molecular flexibility index (Phi) is 4.00. The van der Waals surface area contributed by atoms with Crippen LogP contribution < -0.4 is 10.6 Å². The smallest absolute Gasteiger partial charge is 0.0614 e. The standard InChI is InChI=1S/C14H16N2.ClH/c1-2-7-13-11(4-1)5-3-6-12(13)10-14-15-8-9-16-14;/h1-7,14-16H,8-10H2;1H. The highest BCUT2D eigenvalue weighted by Gasteiger charge is 2.14. The predicted molar refractivity (Wildman–Crippen MR) is 74.7 cm³/mol. The lowest BCUT2D eigenvalue weighted by Crippen LogP contribution is -2.33. The van der Waals surface area contributed by atoms with E-state index in [4.69, 9.17) is 0 Å². The van der Waals surface area contributed by atoms with Crippen LogP contribution in [0.2, 0.25) is 0 Å². The fourth-order valence-corrected chi connectivity index (χ4v) is 2.40. The van der Waals surface area contributed by atoms with Gasteiger partial charge in [-0.3, -0.25) is 0 Å². The van der Waals surface area contributed by atoms with Crippen molar-refractivity contribution < 1.29 is 0 Å². The van der Waals surface area contributed by atoms with Gasteiger partial charge in [0.1, 0.15) is 0 Å². The number of rotatable bonds is 2. The molecule has 2 N–H and O–H groups in total. The summed E-state index contributed by atoms with van der Waals surface area (Å²) in [4.78, 5) is 0. The van der Waals surface area contributed by atoms with Crippen molar-refractivity contribution in [1.82, 2.24) is 10.6 Å². The van der Waals surface area contributed by atoms with Crippen molar-refractivity contribution in [2.75, 3.05) is 13.1 Å². The molecular weight excluding hydrogens is 232 g/mol. The van der Waals surface area contributed by atoms with Gasteiger partial charge in [0.2, 0.25) is 0 Å². The van der Waals surface area contributed by atoms with Crippen LogP contribution in [0.5, 0.6) is 0 Å². The summed E-state index contributed by atoms with van der Waals surface area (Å²) < 4.78 is 0. The number of halogens is 1. The zero-order chi connectivity index (χ0) is 10.8. The summed E-state index contributed by atoms with van der Waals surface area (Å²) in [6, 6.07) is 15.1. The maximum atomic E-state index is 3.46. The highest BCUT2D eigenvalue weighted by molar-refractivity contribution is 5.86. The first-order chi connectivity index (χ1) is 7.93. The van der Waals surface area contributed by atoms with Crippen LogP contribution in [0, 0.1) is 0 Å². The molecule has 0 saturated carbocycles. The summed E-state index contributed by atoms with van der Waals surface area (Å²) in [7, 11) is 0. The molecule has 0 spiro atoms. The Bertz CT molecular complexity index is 487. The van der Waals surface area contributed by atoms with Crippen molar-refractivity contribution in [1.29, 1.82) is 0 Å². The zero-order valence-electron chi connectivity index (χ0n) is 9.65. The fourth-order valence-electron chi connectivity index (χ4n) is 2.40. The van der Waals surface area contributed by atoms with Crippen LogP contribution in [0.25, 0.3) is 10.8 Å². The zero-order valence-corrected chi connectivity index (χ0v) is 10.5. The van der Waals surface area contributed by atoms with Crippen molar-refractivity contribution >= 4 is 23.2 Å². The molecule has 2 nitrogen and oxygen atoms in total. The number of fused-ring (bicyclic) bond motifs is 1. The van der Waals surface area contributed by atoms with Crippen LogP contribution in [0.3, 0.4) is 0 Å². The molecule has 3 heteroatoms. The maximum absolute atomic E-state index is 3.46. The second-order valence-corrected chi connectivity index (χ2v) is 4.30. The average molecular weight is 249 g/mol. The fraction of sp³-hybridized carbons (Fsp3) is 0.286. The molecule has 1 aliphatic rings. The summed E-state index contributed by atoms with van der Waals surface area (Å²) in [5, 5.41) is 9.62. The largest absolute Gasteiger partial charge is 0.300 e. The molecule has 0 aromatic heterocycles. The van der Waals surface area contributed by atoms with E-state index in [1.165, 1.54) is 16.3 Å². The van der Waals surface area contributed by atoms with E-state index in [-0.39, 0.29) is 12.4 Å². The molecule has 90 valence electrons. The van der Waals surface area contributed by atoms with Gasteiger partial charge in [0.15, 0.2) is 0 Å². The summed E-state index contributed by atoms with van der Waals surface area (Å²) in [5.74, 6) is 0. The van der Waals surface area contributed by atoms with Crippen LogP contribution >= 0.6 is 12.4 Å². The van der Waals surface area contributed by atoms with Crippen LogP contribution in [-0.4, -0.2) is 19.3 Å². The molecule has 0 bridgehead atoms. The van der Waals surface area contributed by atoms with Gasteiger partial charge in [0.25, 0.3) is 0 Å². The molecule has 1 aliphatic heterocycles. The monoisotopic (exact) mass is 248 g/mol. The second-order valence-electron chi connectivity index (χ2n) is 4.30. The third-order valence-corrected chi connectivity index (χ3v) is 3.21. The topological polar surface area (TPSA) is 24.1 Å². The Hall–Kier alpha value is -1.09. The lowest BCUT2D eigenvalue weighted by Gasteiger charge is -2.12. The van der Waals surface area contributed by atoms with Crippen molar-refractivity contribution in [3.05, 3.63) is 48.0 Å². The van der Waals surface area contributed by atoms with Crippen LogP contribution in [0.4, 0.5) is 0 Å². The van der Waals surface area contributed by atoms with Gasteiger partial charge in [-0.15, -0.1) is 12.4 Å². The first-order valence-electron chi connectivity index (χ1n) is 5.87. The number of hydrogen-bond acceptors (Lipinski definition) is 2. The third kappa shape index (κ3) is 2.60. The van der Waals surface area contributed by atoms with E-state index in [2.05, 4.69) is 53.1 Å². The van der Waals surface area contributed by atoms with Gasteiger partial charge >= 0.3 is 0 Å². The number of nitrogens with one attached hydrogen (secondary N) is 2. The van der Waals surface area contributed by atoms with Gasteiger partial charge in [-0.05, 0) is 16.3 Å². The van der Waals surface area contributed by atoms with E-state index in [1.54, 1.807) is 0 Å². The minimum Gasteiger partial charge on any atom is -0.300 e. The third-order valence-electron chi connectivity index (χ3n) is 3.21. The van der Waals surface area contributed by atoms with E-state index in [1.807, 2.05) is 0 Å². The summed E-state index contributed by atoms with van der Waals surface area (Å²) >= 11 is 0. The van der Waals surface area contributed by atoms with Gasteiger partial charge < -0.3 is 10.6 Å². The molecule has 0 amide bonds. The van der Waals surface area contributed by atoms with Crippen molar-refractivity contribution in [3.8, 4) is 0 Å². The highest BCUT2D eigenvalue weighted by atomic mass is 35.5. The first-order valence-corrected chi connectivity index (χ1v) is 5.87. The predicted octanol–water partition coefficient (Wildman–Crippen LogP) is 2.32. The number of hydrogen-bond donors (Lipinski definition) is 2. The average Bonchev–Trinajstić information content (AvgIpc) is 2.82. The van der Waals surface area contributed by atoms with Crippen LogP contribution in [-0.2, 0) is 6.42 Å². The van der Waals surface area contributed by atoms with Gasteiger partial charge in [-0.1, -0.05) is 42.5 Å². The quantitative estimate of drug-likeness (QED) is 0.853. The van der Waals surface area contributed by atoms with Crippen LogP contribution in [0.1, 0.15) is 5.56 Å². The molecule has 0 radical (unpaired) electrons. The van der Waals surface area contributed by atoms with Gasteiger partial charge in [-0.25, -0.2) is 0 Å². The molecular formula is C14H17ClN2. The van der Waals surface area contributed by atoms with Crippen LogP contribution in [0.15, 0.2) is 42.5 Å². The molecule has 17 heavy (non-hydrogen) atoms. The Labute approximate surface area is 108 Å². The molecule has 1 fully saturated rings. The summed E-state index contributed by atoms with van der Waals surface area (Å²) in [5.41, 5.74) is 1.42. The normalized spacial score (nSPS) is 16.0. The van der Waals surface area contributed by atoms with Crippen molar-refractivity contribution in [2.45, 2.75) is 12.6 Å². The molecule has 1 heterocycles. The first kappa shape index (κ1) is 12.4. The van der Waals surface area contributed by atoms with E-state index in [9.17, 15) is 0 Å². The SMILES string of the molecule is Cl.c1ccc2c(CC3NCCN3)cccc2c1. The van der Waals surface area contributed by atoms with Gasteiger partial charge in [-0.2, -0.15) is 0 Å². The van der Waals surface area contributed by atoms with Crippen molar-refractivity contribution in [3.63, 3.8) is 0 Å². The molecule has 0 atom stereocenters. The molecule has 3 rings (SSSR count). The van der Waals surface area contributed by atoms with E-state index < -0.39 is 0 Å². The maximum Gasteiger partial charge on any atom is 0.0614 e. The second kappa shape index (κ2) is 5.50. The van der Waals surface area contributed by atoms with E-state index in [0.29, 0.717) is 6.17 Å². The minimum absolute atomic E-state index is 0. The molecule has 2 aromatic rings. The lowest BCUT2D eigenvalue weighted by molar-refractivity contribution is 0.553. The minimum atomic E-state index is 0. The molecule has 2 aromatic carbocycles. The molecule has 1 saturated heterocycles. The Balaban J connectivity index is 0.00000108. The Morgan fingerprint density at radius 3 is 2.47 bits per heavy atom. The summed E-state index contributed by atoms with van der Waals surface area (Å²) in [6.45, 7) is 2.16. The Morgan fingerprint density at radius 2 is 1.65 bits per heavy atom. The van der Waals surface area contributed by atoms with E-state index in [0.717, 1.165) is 19.5 Å². The lowest BCUT2D eigenvalue weighted by atomic mass is 10.0. The van der Waals surface area contributed by atoms with Crippen molar-refractivity contribution in [2.24, 2.45) is 0 Å². The molecule has 0 aliphatic carbocycles. The highest BCUT2D eigenvalue weighted by Crippen LogP contribution is 2.19. The summed E-state index contributed by atoms with van der Waals surface area (Å²) in [6.07, 6.45) is 1.49. The number of benzene rings is 2. The Morgan fingerprint density at radius 1 is 0.941 bits per heavy atom. The van der Waals surface area contributed by atoms with E-state index >= 15 is 0 Å².